The van der Waals surface area contributed by atoms with Crippen molar-refractivity contribution in [3.8, 4) is 17.1 Å². The first-order valence-electron chi connectivity index (χ1n) is 11.6. The predicted molar refractivity (Wildman–Crippen MR) is 140 cm³/mol. The van der Waals surface area contributed by atoms with Gasteiger partial charge < -0.3 is 5.11 Å². The Bertz CT molecular complexity index is 1440. The van der Waals surface area contributed by atoms with E-state index in [4.69, 9.17) is 0 Å². The van der Waals surface area contributed by atoms with Crippen molar-refractivity contribution in [2.24, 2.45) is 0 Å². The summed E-state index contributed by atoms with van der Waals surface area (Å²) in [6, 6.07) is 22.8. The van der Waals surface area contributed by atoms with Gasteiger partial charge in [-0.05, 0) is 48.4 Å². The molecule has 1 N–H and O–H groups in total. The van der Waals surface area contributed by atoms with E-state index in [0.717, 1.165) is 11.1 Å². The van der Waals surface area contributed by atoms with Crippen molar-refractivity contribution in [3.63, 3.8) is 0 Å². The van der Waals surface area contributed by atoms with Gasteiger partial charge in [-0.3, -0.25) is 4.57 Å². The number of allylic oxidation sites excluding steroid dienone is 5. The topological polar surface area (TPSA) is 68.0 Å². The summed E-state index contributed by atoms with van der Waals surface area (Å²) in [6.07, 6.45) is 8.17. The van der Waals surface area contributed by atoms with E-state index in [1.807, 2.05) is 41.8 Å². The normalized spacial score (nSPS) is 12.6. The quantitative estimate of drug-likeness (QED) is 0.269. The first-order chi connectivity index (χ1) is 17.5. The van der Waals surface area contributed by atoms with Crippen molar-refractivity contribution >= 4 is 5.97 Å². The van der Waals surface area contributed by atoms with Crippen molar-refractivity contribution in [2.45, 2.75) is 19.3 Å². The number of carboxylic acids is 1. The number of halogens is 1. The summed E-state index contributed by atoms with van der Waals surface area (Å²) in [5.74, 6) is -0.430. The van der Waals surface area contributed by atoms with Gasteiger partial charge in [0.15, 0.2) is 5.82 Å². The standard InChI is InChI=1S/C30H26FN3O2/c1-3-5-11-21(4-2)27(22-12-7-6-8-13-22)20-28-32-33-29(23-14-9-16-25(31)18-23)34(28)26-17-10-15-24(19-26)30(35)36/h3-19,27H,1,20H2,2H3,(H,35,36)/b11-5-,21-4+. The highest BCUT2D eigenvalue weighted by Crippen LogP contribution is 2.32. The van der Waals surface area contributed by atoms with Crippen LogP contribution in [-0.4, -0.2) is 25.8 Å². The molecule has 180 valence electrons. The SMILES string of the molecule is C=C/C=C\C(=C/C)C(Cc1nnc(-c2cccc(F)c2)n1-c1cccc(C(=O)O)c1)c1ccccc1. The molecule has 0 bridgehead atoms. The molecular weight excluding hydrogens is 453 g/mol. The van der Waals surface area contributed by atoms with Crippen LogP contribution in [0.1, 0.15) is 34.6 Å². The molecule has 0 saturated heterocycles. The molecule has 3 aromatic carbocycles. The van der Waals surface area contributed by atoms with E-state index in [0.29, 0.717) is 29.3 Å². The Morgan fingerprint density at radius 1 is 1.06 bits per heavy atom. The van der Waals surface area contributed by atoms with E-state index in [-0.39, 0.29) is 11.5 Å². The average Bonchev–Trinajstić information content (AvgIpc) is 3.32. The van der Waals surface area contributed by atoms with E-state index in [1.165, 1.54) is 18.2 Å². The van der Waals surface area contributed by atoms with E-state index >= 15 is 0 Å². The molecule has 5 nitrogen and oxygen atoms in total. The molecule has 1 heterocycles. The van der Waals surface area contributed by atoms with Gasteiger partial charge in [-0.25, -0.2) is 9.18 Å². The molecule has 0 aliphatic rings. The summed E-state index contributed by atoms with van der Waals surface area (Å²) < 4.78 is 15.9. The minimum absolute atomic E-state index is 0.0571. The van der Waals surface area contributed by atoms with E-state index in [1.54, 1.807) is 36.4 Å². The number of nitrogens with zero attached hydrogens (tertiary/aromatic N) is 3. The molecule has 0 aliphatic heterocycles. The second-order valence-electron chi connectivity index (χ2n) is 8.19. The summed E-state index contributed by atoms with van der Waals surface area (Å²) >= 11 is 0. The van der Waals surface area contributed by atoms with E-state index in [9.17, 15) is 14.3 Å². The number of aromatic carboxylic acids is 1. The Morgan fingerprint density at radius 2 is 1.83 bits per heavy atom. The molecule has 0 saturated carbocycles. The van der Waals surface area contributed by atoms with Gasteiger partial charge in [-0.2, -0.15) is 0 Å². The molecule has 0 aliphatic carbocycles. The van der Waals surface area contributed by atoms with Crippen molar-refractivity contribution in [3.05, 3.63) is 138 Å². The Labute approximate surface area is 209 Å². The third-order valence-corrected chi connectivity index (χ3v) is 5.91. The van der Waals surface area contributed by atoms with Crippen LogP contribution in [0, 0.1) is 5.82 Å². The maximum Gasteiger partial charge on any atom is 0.335 e. The van der Waals surface area contributed by atoms with Crippen LogP contribution in [0.4, 0.5) is 4.39 Å². The first-order valence-corrected chi connectivity index (χ1v) is 11.6. The largest absolute Gasteiger partial charge is 0.478 e. The van der Waals surface area contributed by atoms with Gasteiger partial charge >= 0.3 is 5.97 Å². The summed E-state index contributed by atoms with van der Waals surface area (Å²) in [7, 11) is 0. The fourth-order valence-corrected chi connectivity index (χ4v) is 4.20. The Morgan fingerprint density at radius 3 is 2.53 bits per heavy atom. The van der Waals surface area contributed by atoms with Crippen LogP contribution in [0.25, 0.3) is 17.1 Å². The molecule has 4 rings (SSSR count). The molecule has 0 spiro atoms. The van der Waals surface area contributed by atoms with Crippen LogP contribution in [0.5, 0.6) is 0 Å². The number of benzene rings is 3. The number of carbonyl (C=O) groups is 1. The van der Waals surface area contributed by atoms with Gasteiger partial charge in [0.2, 0.25) is 0 Å². The molecular formula is C30H26FN3O2. The molecule has 1 atom stereocenters. The zero-order valence-corrected chi connectivity index (χ0v) is 19.9. The van der Waals surface area contributed by atoms with Crippen molar-refractivity contribution in [2.75, 3.05) is 0 Å². The zero-order chi connectivity index (χ0) is 25.5. The number of hydrogen-bond donors (Lipinski definition) is 1. The van der Waals surface area contributed by atoms with Crippen molar-refractivity contribution in [1.82, 2.24) is 14.8 Å². The third-order valence-electron chi connectivity index (χ3n) is 5.91. The number of hydrogen-bond acceptors (Lipinski definition) is 3. The highest BCUT2D eigenvalue weighted by molar-refractivity contribution is 5.88. The van der Waals surface area contributed by atoms with Crippen molar-refractivity contribution < 1.29 is 14.3 Å². The highest BCUT2D eigenvalue weighted by atomic mass is 19.1. The lowest BCUT2D eigenvalue weighted by molar-refractivity contribution is 0.0697. The van der Waals surface area contributed by atoms with E-state index in [2.05, 4.69) is 35.0 Å². The van der Waals surface area contributed by atoms with Gasteiger partial charge in [0.1, 0.15) is 11.6 Å². The van der Waals surface area contributed by atoms with Crippen molar-refractivity contribution in [1.29, 1.82) is 0 Å². The van der Waals surface area contributed by atoms with Crippen LogP contribution in [-0.2, 0) is 6.42 Å². The number of carboxylic acid groups (broad SMARTS) is 1. The van der Waals surface area contributed by atoms with Crippen LogP contribution in [0.15, 0.2) is 115 Å². The smallest absolute Gasteiger partial charge is 0.335 e. The van der Waals surface area contributed by atoms with Gasteiger partial charge in [0, 0.05) is 23.6 Å². The second kappa shape index (κ2) is 11.2. The minimum Gasteiger partial charge on any atom is -0.478 e. The summed E-state index contributed by atoms with van der Waals surface area (Å²) in [5.41, 5.74) is 3.44. The molecule has 1 aromatic heterocycles. The van der Waals surface area contributed by atoms with E-state index < -0.39 is 11.8 Å². The Balaban J connectivity index is 1.89. The maximum absolute atomic E-state index is 14.1. The monoisotopic (exact) mass is 479 g/mol. The first kappa shape index (κ1) is 24.5. The molecule has 0 fully saturated rings. The van der Waals surface area contributed by atoms with Gasteiger partial charge in [0.05, 0.1) is 5.56 Å². The highest BCUT2D eigenvalue weighted by Gasteiger charge is 2.23. The molecule has 36 heavy (non-hydrogen) atoms. The van der Waals surface area contributed by atoms with Crippen LogP contribution >= 0.6 is 0 Å². The minimum atomic E-state index is -1.04. The van der Waals surface area contributed by atoms with Crippen LogP contribution in [0.2, 0.25) is 0 Å². The summed E-state index contributed by atoms with van der Waals surface area (Å²) in [5, 5.41) is 18.5. The van der Waals surface area contributed by atoms with Crippen LogP contribution < -0.4 is 0 Å². The lowest BCUT2D eigenvalue weighted by Crippen LogP contribution is -2.11. The summed E-state index contributed by atoms with van der Waals surface area (Å²) in [4.78, 5) is 11.7. The zero-order valence-electron chi connectivity index (χ0n) is 19.9. The van der Waals surface area contributed by atoms with Crippen LogP contribution in [0.3, 0.4) is 0 Å². The lowest BCUT2D eigenvalue weighted by atomic mass is 9.87. The molecule has 0 radical (unpaired) electrons. The summed E-state index contributed by atoms with van der Waals surface area (Å²) in [6.45, 7) is 5.77. The van der Waals surface area contributed by atoms with Gasteiger partial charge in [-0.15, -0.1) is 10.2 Å². The number of rotatable bonds is 9. The second-order valence-corrected chi connectivity index (χ2v) is 8.19. The molecule has 1 unspecified atom stereocenters. The number of aromatic nitrogens is 3. The van der Waals surface area contributed by atoms with Gasteiger partial charge in [-0.1, -0.05) is 79.4 Å². The fourth-order valence-electron chi connectivity index (χ4n) is 4.20. The molecule has 0 amide bonds. The van der Waals surface area contributed by atoms with Gasteiger partial charge in [0.25, 0.3) is 0 Å². The average molecular weight is 480 g/mol. The third kappa shape index (κ3) is 5.39. The molecule has 6 heteroatoms. The predicted octanol–water partition coefficient (Wildman–Crippen LogP) is 6.79. The Kier molecular flexibility index (Phi) is 7.66. The maximum atomic E-state index is 14.1. The fraction of sp³-hybridized carbons (Fsp3) is 0.100. The Hall–Kier alpha value is -4.58. The molecule has 4 aromatic rings. The lowest BCUT2D eigenvalue weighted by Gasteiger charge is -2.20.